The molecule has 2 aliphatic rings. The maximum Gasteiger partial charge on any atom is 0.164 e. The molecule has 0 saturated carbocycles. The van der Waals surface area contributed by atoms with Crippen molar-refractivity contribution in [2.75, 3.05) is 0 Å². The standard InChI is InChI=1S/C30H44O4/c1-20(2)17-26-28(33-29(6,7)32-26)22(4)13-9-11-21(3)12-10-15-30(8)16-14-24-19-25(31)18-23(5)27(24)34-30/h12-13,17-19,26,28,31H,9-11,14-16H2,1-8H3/b21-12+,22-13+/t26-,28+,30-/m1/s1. The van der Waals surface area contributed by atoms with Crippen LogP contribution >= 0.6 is 0 Å². The zero-order valence-corrected chi connectivity index (χ0v) is 22.5. The van der Waals surface area contributed by atoms with E-state index in [9.17, 15) is 5.11 Å². The van der Waals surface area contributed by atoms with Gasteiger partial charge in [0.1, 0.15) is 29.3 Å². The number of aromatic hydroxyl groups is 1. The highest BCUT2D eigenvalue weighted by Gasteiger charge is 2.40. The Morgan fingerprint density at radius 1 is 1.06 bits per heavy atom. The van der Waals surface area contributed by atoms with Gasteiger partial charge in [-0.05, 0) is 123 Å². The molecular weight excluding hydrogens is 424 g/mol. The zero-order valence-electron chi connectivity index (χ0n) is 22.5. The minimum absolute atomic E-state index is 0.0224. The number of aryl methyl sites for hydroxylation is 2. The Hall–Kier alpha value is -2.04. The van der Waals surface area contributed by atoms with Crippen molar-refractivity contribution in [3.63, 3.8) is 0 Å². The van der Waals surface area contributed by atoms with E-state index in [2.05, 4.69) is 52.8 Å². The van der Waals surface area contributed by atoms with Crippen LogP contribution in [0.2, 0.25) is 0 Å². The van der Waals surface area contributed by atoms with Gasteiger partial charge in [-0.15, -0.1) is 0 Å². The van der Waals surface area contributed by atoms with E-state index in [1.807, 2.05) is 26.8 Å². The minimum Gasteiger partial charge on any atom is -0.508 e. The van der Waals surface area contributed by atoms with Crippen molar-refractivity contribution in [2.45, 2.75) is 118 Å². The van der Waals surface area contributed by atoms with Gasteiger partial charge < -0.3 is 19.3 Å². The molecule has 2 aliphatic heterocycles. The average Bonchev–Trinajstić information content (AvgIpc) is 3.02. The van der Waals surface area contributed by atoms with Crippen LogP contribution in [-0.2, 0) is 15.9 Å². The number of phenolic OH excluding ortho intramolecular Hbond substituents is 1. The van der Waals surface area contributed by atoms with E-state index in [1.54, 1.807) is 6.07 Å². The average molecular weight is 469 g/mol. The third-order valence-corrected chi connectivity index (χ3v) is 6.85. The van der Waals surface area contributed by atoms with E-state index in [1.165, 1.54) is 16.7 Å². The molecular formula is C30H44O4. The number of phenols is 1. The minimum atomic E-state index is -0.553. The van der Waals surface area contributed by atoms with Gasteiger partial charge in [-0.1, -0.05) is 29.4 Å². The zero-order chi connectivity index (χ0) is 25.1. The van der Waals surface area contributed by atoms with Gasteiger partial charge in [0.25, 0.3) is 0 Å². The van der Waals surface area contributed by atoms with Crippen LogP contribution in [0.3, 0.4) is 0 Å². The molecule has 0 aromatic heterocycles. The molecule has 1 aromatic carbocycles. The van der Waals surface area contributed by atoms with Crippen LogP contribution in [0.4, 0.5) is 0 Å². The van der Waals surface area contributed by atoms with E-state index in [-0.39, 0.29) is 17.8 Å². The predicted molar refractivity (Wildman–Crippen MR) is 139 cm³/mol. The van der Waals surface area contributed by atoms with Gasteiger partial charge in [0.2, 0.25) is 0 Å². The van der Waals surface area contributed by atoms with E-state index in [4.69, 9.17) is 14.2 Å². The van der Waals surface area contributed by atoms with Crippen LogP contribution < -0.4 is 4.74 Å². The van der Waals surface area contributed by atoms with Gasteiger partial charge in [0, 0.05) is 0 Å². The van der Waals surface area contributed by atoms with Gasteiger partial charge in [-0.2, -0.15) is 0 Å². The molecule has 3 atom stereocenters. The number of hydrogen-bond acceptors (Lipinski definition) is 4. The van der Waals surface area contributed by atoms with Crippen molar-refractivity contribution in [1.82, 2.24) is 0 Å². The SMILES string of the molecule is CC(C)=C[C@H]1OC(C)(C)O[C@H]1/C(C)=C/CC/C(C)=C/CC[C@]1(C)CCc2cc(O)cc(C)c2O1. The highest BCUT2D eigenvalue weighted by Crippen LogP contribution is 2.40. The van der Waals surface area contributed by atoms with E-state index in [0.29, 0.717) is 5.75 Å². The van der Waals surface area contributed by atoms with Crippen molar-refractivity contribution in [3.8, 4) is 11.5 Å². The van der Waals surface area contributed by atoms with Crippen molar-refractivity contribution < 1.29 is 19.3 Å². The predicted octanol–water partition coefficient (Wildman–Crippen LogP) is 7.72. The van der Waals surface area contributed by atoms with E-state index in [0.717, 1.165) is 55.4 Å². The number of rotatable bonds is 8. The van der Waals surface area contributed by atoms with Gasteiger partial charge in [-0.25, -0.2) is 0 Å². The summed E-state index contributed by atoms with van der Waals surface area (Å²) in [6, 6.07) is 3.63. The van der Waals surface area contributed by atoms with Crippen molar-refractivity contribution in [2.24, 2.45) is 0 Å². The summed E-state index contributed by atoms with van der Waals surface area (Å²) in [6.07, 6.45) is 12.8. The lowest BCUT2D eigenvalue weighted by Crippen LogP contribution is -2.36. The first-order valence-corrected chi connectivity index (χ1v) is 12.7. The summed E-state index contributed by atoms with van der Waals surface area (Å²) in [4.78, 5) is 0. The normalized spacial score (nSPS) is 26.7. The van der Waals surface area contributed by atoms with Crippen LogP contribution in [0.1, 0.15) is 91.7 Å². The number of allylic oxidation sites excluding steroid dienone is 4. The van der Waals surface area contributed by atoms with E-state index < -0.39 is 5.79 Å². The number of fused-ring (bicyclic) bond motifs is 1. The Labute approximate surface area is 206 Å². The molecule has 1 N–H and O–H groups in total. The Bertz CT molecular complexity index is 964. The molecule has 2 heterocycles. The third-order valence-electron chi connectivity index (χ3n) is 6.85. The summed E-state index contributed by atoms with van der Waals surface area (Å²) in [5.41, 5.74) is 5.88. The molecule has 1 aromatic rings. The first-order chi connectivity index (χ1) is 15.9. The monoisotopic (exact) mass is 468 g/mol. The fourth-order valence-corrected chi connectivity index (χ4v) is 4.99. The van der Waals surface area contributed by atoms with Gasteiger partial charge in [0.05, 0.1) is 0 Å². The molecule has 0 spiro atoms. The quantitative estimate of drug-likeness (QED) is 0.397. The Morgan fingerprint density at radius 2 is 1.79 bits per heavy atom. The molecule has 0 unspecified atom stereocenters. The van der Waals surface area contributed by atoms with Crippen molar-refractivity contribution in [3.05, 3.63) is 58.2 Å². The number of hydrogen-bond donors (Lipinski definition) is 1. The van der Waals surface area contributed by atoms with E-state index >= 15 is 0 Å². The van der Waals surface area contributed by atoms with Crippen LogP contribution in [0.25, 0.3) is 0 Å². The van der Waals surface area contributed by atoms with Crippen molar-refractivity contribution in [1.29, 1.82) is 0 Å². The van der Waals surface area contributed by atoms with Gasteiger partial charge in [0.15, 0.2) is 5.79 Å². The second-order valence-corrected chi connectivity index (χ2v) is 11.1. The maximum absolute atomic E-state index is 9.86. The van der Waals surface area contributed by atoms with Gasteiger partial charge >= 0.3 is 0 Å². The van der Waals surface area contributed by atoms with Crippen LogP contribution in [0.15, 0.2) is 47.1 Å². The summed E-state index contributed by atoms with van der Waals surface area (Å²) in [6.45, 7) is 16.8. The first-order valence-electron chi connectivity index (χ1n) is 12.7. The molecule has 3 rings (SSSR count). The molecule has 0 amide bonds. The molecule has 1 fully saturated rings. The third kappa shape index (κ3) is 6.99. The molecule has 34 heavy (non-hydrogen) atoms. The summed E-state index contributed by atoms with van der Waals surface area (Å²) in [5, 5.41) is 9.86. The molecule has 188 valence electrons. The van der Waals surface area contributed by atoms with Gasteiger partial charge in [-0.3, -0.25) is 0 Å². The Kier molecular flexibility index (Phi) is 8.36. The largest absolute Gasteiger partial charge is 0.508 e. The second kappa shape index (κ2) is 10.7. The summed E-state index contributed by atoms with van der Waals surface area (Å²) in [5.74, 6) is 0.734. The number of benzene rings is 1. The summed E-state index contributed by atoms with van der Waals surface area (Å²) >= 11 is 0. The summed E-state index contributed by atoms with van der Waals surface area (Å²) in [7, 11) is 0. The molecule has 4 heteroatoms. The number of ether oxygens (including phenoxy) is 3. The molecule has 0 bridgehead atoms. The highest BCUT2D eigenvalue weighted by atomic mass is 16.7. The lowest BCUT2D eigenvalue weighted by atomic mass is 9.87. The first kappa shape index (κ1) is 26.6. The maximum atomic E-state index is 9.86. The highest BCUT2D eigenvalue weighted by molar-refractivity contribution is 5.47. The van der Waals surface area contributed by atoms with Crippen LogP contribution in [0.5, 0.6) is 11.5 Å². The fourth-order valence-electron chi connectivity index (χ4n) is 4.99. The molecule has 0 radical (unpaired) electrons. The summed E-state index contributed by atoms with van der Waals surface area (Å²) < 4.78 is 18.7. The lowest BCUT2D eigenvalue weighted by Gasteiger charge is -2.36. The smallest absolute Gasteiger partial charge is 0.164 e. The fraction of sp³-hybridized carbons (Fsp3) is 0.600. The second-order valence-electron chi connectivity index (χ2n) is 11.1. The lowest BCUT2D eigenvalue weighted by molar-refractivity contribution is -0.139. The Balaban J connectivity index is 1.51. The molecule has 0 aliphatic carbocycles. The van der Waals surface area contributed by atoms with Crippen LogP contribution in [0, 0.1) is 6.92 Å². The van der Waals surface area contributed by atoms with Crippen molar-refractivity contribution >= 4 is 0 Å². The Morgan fingerprint density at radius 3 is 2.50 bits per heavy atom. The molecule has 1 saturated heterocycles. The molecule has 4 nitrogen and oxygen atoms in total. The van der Waals surface area contributed by atoms with Crippen LogP contribution in [-0.4, -0.2) is 28.7 Å². The topological polar surface area (TPSA) is 47.9 Å².